The van der Waals surface area contributed by atoms with Crippen molar-refractivity contribution in [2.24, 2.45) is 0 Å². The van der Waals surface area contributed by atoms with Gasteiger partial charge in [0, 0.05) is 18.7 Å². The van der Waals surface area contributed by atoms with Crippen molar-refractivity contribution in [1.82, 2.24) is 10.6 Å². The van der Waals surface area contributed by atoms with E-state index in [1.165, 1.54) is 0 Å². The van der Waals surface area contributed by atoms with Gasteiger partial charge in [-0.1, -0.05) is 13.8 Å². The predicted octanol–water partition coefficient (Wildman–Crippen LogP) is 1.69. The van der Waals surface area contributed by atoms with Crippen molar-refractivity contribution in [2.45, 2.75) is 65.6 Å². The van der Waals surface area contributed by atoms with E-state index in [-0.39, 0.29) is 24.0 Å². The second-order valence-electron chi connectivity index (χ2n) is 4.47. The Balaban J connectivity index is 3.95. The SMILES string of the molecule is CCOCC(C)NC(C)C(=O)NC(CC)CC. The molecule has 0 spiro atoms. The Morgan fingerprint density at radius 3 is 2.24 bits per heavy atom. The van der Waals surface area contributed by atoms with Crippen molar-refractivity contribution in [1.29, 1.82) is 0 Å². The molecular formula is C13H28N2O2. The molecule has 2 N–H and O–H groups in total. The molecule has 2 atom stereocenters. The highest BCUT2D eigenvalue weighted by Crippen LogP contribution is 1.97. The molecule has 0 radical (unpaired) electrons. The van der Waals surface area contributed by atoms with E-state index in [0.29, 0.717) is 13.2 Å². The highest BCUT2D eigenvalue weighted by molar-refractivity contribution is 5.81. The highest BCUT2D eigenvalue weighted by atomic mass is 16.5. The smallest absolute Gasteiger partial charge is 0.237 e. The molecule has 0 aromatic heterocycles. The van der Waals surface area contributed by atoms with Crippen LogP contribution in [0.1, 0.15) is 47.5 Å². The zero-order valence-electron chi connectivity index (χ0n) is 11.9. The molecule has 0 aliphatic heterocycles. The molecule has 0 aromatic rings. The summed E-state index contributed by atoms with van der Waals surface area (Å²) in [7, 11) is 0. The minimum Gasteiger partial charge on any atom is -0.380 e. The molecule has 0 saturated carbocycles. The minimum atomic E-state index is -0.175. The quantitative estimate of drug-likeness (QED) is 0.649. The van der Waals surface area contributed by atoms with Crippen LogP contribution in [0, 0.1) is 0 Å². The maximum atomic E-state index is 11.9. The van der Waals surface area contributed by atoms with E-state index >= 15 is 0 Å². The Bertz CT molecular complexity index is 206. The standard InChI is InChI=1S/C13H28N2O2/c1-6-12(7-2)15-13(16)11(5)14-10(4)9-17-8-3/h10-12,14H,6-9H2,1-5H3,(H,15,16). The highest BCUT2D eigenvalue weighted by Gasteiger charge is 2.17. The summed E-state index contributed by atoms with van der Waals surface area (Å²) in [4.78, 5) is 11.9. The third-order valence-electron chi connectivity index (χ3n) is 2.83. The van der Waals surface area contributed by atoms with Gasteiger partial charge in [-0.25, -0.2) is 0 Å². The van der Waals surface area contributed by atoms with Crippen molar-refractivity contribution < 1.29 is 9.53 Å². The fourth-order valence-electron chi connectivity index (χ4n) is 1.66. The van der Waals surface area contributed by atoms with Crippen molar-refractivity contribution in [2.75, 3.05) is 13.2 Å². The van der Waals surface area contributed by atoms with E-state index in [9.17, 15) is 4.79 Å². The molecule has 4 heteroatoms. The molecular weight excluding hydrogens is 216 g/mol. The molecule has 0 fully saturated rings. The zero-order chi connectivity index (χ0) is 13.3. The topological polar surface area (TPSA) is 50.4 Å². The molecule has 0 rings (SSSR count). The third-order valence-corrected chi connectivity index (χ3v) is 2.83. The van der Waals surface area contributed by atoms with Crippen LogP contribution >= 0.6 is 0 Å². The number of amides is 1. The fraction of sp³-hybridized carbons (Fsp3) is 0.923. The molecule has 0 aromatic carbocycles. The number of rotatable bonds is 9. The Morgan fingerprint density at radius 1 is 1.18 bits per heavy atom. The summed E-state index contributed by atoms with van der Waals surface area (Å²) in [5.74, 6) is 0.0713. The molecule has 2 unspecified atom stereocenters. The average molecular weight is 244 g/mol. The molecule has 4 nitrogen and oxygen atoms in total. The van der Waals surface area contributed by atoms with Crippen LogP contribution in [0.3, 0.4) is 0 Å². The number of hydrogen-bond acceptors (Lipinski definition) is 3. The number of ether oxygens (including phenoxy) is 1. The van der Waals surface area contributed by atoms with Gasteiger partial charge in [0.25, 0.3) is 0 Å². The van der Waals surface area contributed by atoms with Gasteiger partial charge >= 0.3 is 0 Å². The molecule has 0 bridgehead atoms. The van der Waals surface area contributed by atoms with E-state index in [1.807, 2.05) is 20.8 Å². The second-order valence-corrected chi connectivity index (χ2v) is 4.47. The number of hydrogen-bond donors (Lipinski definition) is 2. The summed E-state index contributed by atoms with van der Waals surface area (Å²) in [5, 5.41) is 6.27. The van der Waals surface area contributed by atoms with Gasteiger partial charge in [0.2, 0.25) is 5.91 Å². The summed E-state index contributed by atoms with van der Waals surface area (Å²) in [5.41, 5.74) is 0. The van der Waals surface area contributed by atoms with E-state index < -0.39 is 0 Å². The van der Waals surface area contributed by atoms with Gasteiger partial charge in [0.1, 0.15) is 0 Å². The molecule has 0 saturated heterocycles. The van der Waals surface area contributed by atoms with Gasteiger partial charge in [-0.3, -0.25) is 4.79 Å². The molecule has 17 heavy (non-hydrogen) atoms. The average Bonchev–Trinajstić information content (AvgIpc) is 2.32. The lowest BCUT2D eigenvalue weighted by Crippen LogP contribution is -2.49. The molecule has 0 aliphatic carbocycles. The van der Waals surface area contributed by atoms with E-state index in [0.717, 1.165) is 12.8 Å². The predicted molar refractivity (Wildman–Crippen MR) is 71.1 cm³/mol. The van der Waals surface area contributed by atoms with Crippen molar-refractivity contribution in [3.8, 4) is 0 Å². The van der Waals surface area contributed by atoms with Crippen LogP contribution in [0.5, 0.6) is 0 Å². The van der Waals surface area contributed by atoms with Crippen molar-refractivity contribution >= 4 is 5.91 Å². The van der Waals surface area contributed by atoms with Crippen molar-refractivity contribution in [3.63, 3.8) is 0 Å². The van der Waals surface area contributed by atoms with Crippen molar-refractivity contribution in [3.05, 3.63) is 0 Å². The van der Waals surface area contributed by atoms with Gasteiger partial charge in [-0.05, 0) is 33.6 Å². The summed E-state index contributed by atoms with van der Waals surface area (Å²) in [6, 6.07) is 0.303. The zero-order valence-corrected chi connectivity index (χ0v) is 11.9. The molecule has 1 amide bonds. The second kappa shape index (κ2) is 9.42. The lowest BCUT2D eigenvalue weighted by molar-refractivity contribution is -0.123. The van der Waals surface area contributed by atoms with E-state index in [2.05, 4.69) is 24.5 Å². The maximum absolute atomic E-state index is 11.9. The van der Waals surface area contributed by atoms with E-state index in [4.69, 9.17) is 4.74 Å². The Hall–Kier alpha value is -0.610. The maximum Gasteiger partial charge on any atom is 0.237 e. The van der Waals surface area contributed by atoms with Gasteiger partial charge in [-0.2, -0.15) is 0 Å². The Labute approximate surface area is 105 Å². The summed E-state index contributed by atoms with van der Waals surface area (Å²) in [6.45, 7) is 11.4. The van der Waals surface area contributed by atoms with Crippen LogP contribution in [0.4, 0.5) is 0 Å². The van der Waals surface area contributed by atoms with Gasteiger partial charge in [0.05, 0.1) is 12.6 Å². The lowest BCUT2D eigenvalue weighted by Gasteiger charge is -2.22. The Kier molecular flexibility index (Phi) is 9.09. The first kappa shape index (κ1) is 16.4. The van der Waals surface area contributed by atoms with E-state index in [1.54, 1.807) is 0 Å². The first-order valence-corrected chi connectivity index (χ1v) is 6.69. The summed E-state index contributed by atoms with van der Waals surface area (Å²) in [6.07, 6.45) is 1.95. The Morgan fingerprint density at radius 2 is 1.76 bits per heavy atom. The monoisotopic (exact) mass is 244 g/mol. The van der Waals surface area contributed by atoms with Crippen LogP contribution < -0.4 is 10.6 Å². The molecule has 102 valence electrons. The van der Waals surface area contributed by atoms with Crippen LogP contribution in [-0.2, 0) is 9.53 Å². The summed E-state index contributed by atoms with van der Waals surface area (Å²) >= 11 is 0. The first-order valence-electron chi connectivity index (χ1n) is 6.69. The van der Waals surface area contributed by atoms with Crippen LogP contribution in [0.15, 0.2) is 0 Å². The first-order chi connectivity index (χ1) is 8.04. The third kappa shape index (κ3) is 7.34. The fourth-order valence-corrected chi connectivity index (χ4v) is 1.66. The number of nitrogens with one attached hydrogen (secondary N) is 2. The summed E-state index contributed by atoms with van der Waals surface area (Å²) < 4.78 is 5.31. The molecule has 0 aliphatic rings. The number of carbonyl (C=O) groups excluding carboxylic acids is 1. The van der Waals surface area contributed by atoms with Crippen LogP contribution in [0.25, 0.3) is 0 Å². The largest absolute Gasteiger partial charge is 0.380 e. The molecule has 0 heterocycles. The van der Waals surface area contributed by atoms with Gasteiger partial charge in [-0.15, -0.1) is 0 Å². The van der Waals surface area contributed by atoms with Gasteiger partial charge in [0.15, 0.2) is 0 Å². The normalized spacial score (nSPS) is 14.7. The van der Waals surface area contributed by atoms with Crippen LogP contribution in [-0.4, -0.2) is 37.2 Å². The van der Waals surface area contributed by atoms with Gasteiger partial charge < -0.3 is 15.4 Å². The minimum absolute atomic E-state index is 0.0713. The lowest BCUT2D eigenvalue weighted by atomic mass is 10.1. The van der Waals surface area contributed by atoms with Crippen LogP contribution in [0.2, 0.25) is 0 Å². The number of carbonyl (C=O) groups is 1.